The molecule has 0 saturated carbocycles. The second-order valence-electron chi connectivity index (χ2n) is 7.29. The highest BCUT2D eigenvalue weighted by Crippen LogP contribution is 2.45. The van der Waals surface area contributed by atoms with Crippen LogP contribution in [0.15, 0.2) is 60.7 Å². The zero-order chi connectivity index (χ0) is 17.3. The molecule has 1 heteroatoms. The molecule has 1 aliphatic rings. The highest BCUT2D eigenvalue weighted by atomic mass is 32.1. The Labute approximate surface area is 156 Å². The summed E-state index contributed by atoms with van der Waals surface area (Å²) in [7, 11) is 0. The van der Waals surface area contributed by atoms with Gasteiger partial charge >= 0.3 is 0 Å². The fourth-order valence-corrected chi connectivity index (χ4v) is 5.88. The Morgan fingerprint density at radius 2 is 1.54 bits per heavy atom. The monoisotopic (exact) mass is 350 g/mol. The predicted molar refractivity (Wildman–Crippen MR) is 116 cm³/mol. The molecule has 0 atom stereocenters. The summed E-state index contributed by atoms with van der Waals surface area (Å²) in [5, 5.41) is 8.21. The van der Waals surface area contributed by atoms with Crippen LogP contribution < -0.4 is 0 Å². The lowest BCUT2D eigenvalue weighted by atomic mass is 9.89. The third-order valence-electron chi connectivity index (χ3n) is 5.87. The highest BCUT2D eigenvalue weighted by Gasteiger charge is 2.19. The summed E-state index contributed by atoms with van der Waals surface area (Å²) in [4.78, 5) is 2.91. The standard InChI is InChI=1S/C25H18S/c1-15-19-7-2-3-8-21(19)25(26-15)22-14-12-18-10-9-16-5-4-6-17-11-13-20(22)24(18)23(16)17/h3-6,8-14H,2,7H2,1H3. The van der Waals surface area contributed by atoms with Gasteiger partial charge in [0.1, 0.15) is 0 Å². The molecule has 124 valence electrons. The summed E-state index contributed by atoms with van der Waals surface area (Å²) in [5.74, 6) is 0. The number of hydrogen-bond acceptors (Lipinski definition) is 1. The number of rotatable bonds is 1. The molecule has 0 spiro atoms. The first-order valence-electron chi connectivity index (χ1n) is 9.27. The third-order valence-corrected chi connectivity index (χ3v) is 7.07. The van der Waals surface area contributed by atoms with Crippen LogP contribution in [0.1, 0.15) is 22.4 Å². The molecule has 0 N–H and O–H groups in total. The SMILES string of the molecule is Cc1sc(-c2ccc3ccc4cccc5ccc2c3c45)c2c1CCC=C2. The Balaban J connectivity index is 1.77. The smallest absolute Gasteiger partial charge is 0.0426 e. The van der Waals surface area contributed by atoms with E-state index in [1.165, 1.54) is 66.0 Å². The summed E-state index contributed by atoms with van der Waals surface area (Å²) in [6, 6.07) is 20.4. The van der Waals surface area contributed by atoms with Crippen molar-refractivity contribution in [3.63, 3.8) is 0 Å². The highest BCUT2D eigenvalue weighted by molar-refractivity contribution is 7.16. The molecule has 26 heavy (non-hydrogen) atoms. The topological polar surface area (TPSA) is 0 Å². The van der Waals surface area contributed by atoms with Crippen LogP contribution in [0.2, 0.25) is 0 Å². The van der Waals surface area contributed by atoms with Crippen LogP contribution in [0.3, 0.4) is 0 Å². The van der Waals surface area contributed by atoms with Crippen LogP contribution in [0.5, 0.6) is 0 Å². The average Bonchev–Trinajstić information content (AvgIpc) is 3.03. The van der Waals surface area contributed by atoms with Crippen LogP contribution in [0.25, 0.3) is 48.8 Å². The molecule has 4 aromatic carbocycles. The molecule has 0 bridgehead atoms. The van der Waals surface area contributed by atoms with E-state index >= 15 is 0 Å². The third kappa shape index (κ3) is 1.84. The van der Waals surface area contributed by atoms with Crippen molar-refractivity contribution in [2.45, 2.75) is 19.8 Å². The number of thiophene rings is 1. The van der Waals surface area contributed by atoms with Gasteiger partial charge in [0.2, 0.25) is 0 Å². The number of benzene rings is 4. The first kappa shape index (κ1) is 14.5. The summed E-state index contributed by atoms with van der Waals surface area (Å²) in [6.07, 6.45) is 7.02. The molecule has 0 fully saturated rings. The Morgan fingerprint density at radius 3 is 2.38 bits per heavy atom. The van der Waals surface area contributed by atoms with Gasteiger partial charge in [0.25, 0.3) is 0 Å². The molecule has 1 heterocycles. The quantitative estimate of drug-likeness (QED) is 0.273. The molecule has 0 nitrogen and oxygen atoms in total. The molecule has 1 aliphatic carbocycles. The number of fused-ring (bicyclic) bond motifs is 1. The largest absolute Gasteiger partial charge is 0.140 e. The van der Waals surface area contributed by atoms with Crippen LogP contribution in [-0.4, -0.2) is 0 Å². The maximum Gasteiger partial charge on any atom is 0.0426 e. The Kier molecular flexibility index (Phi) is 2.90. The fourth-order valence-electron chi connectivity index (χ4n) is 4.65. The van der Waals surface area contributed by atoms with Crippen LogP contribution in [0, 0.1) is 6.92 Å². The van der Waals surface area contributed by atoms with Gasteiger partial charge in [-0.05, 0) is 63.2 Å². The summed E-state index contributed by atoms with van der Waals surface area (Å²) in [6.45, 7) is 2.28. The molecule has 1 aromatic heterocycles. The van der Waals surface area contributed by atoms with Crippen molar-refractivity contribution in [3.8, 4) is 10.4 Å². The minimum atomic E-state index is 1.17. The summed E-state index contributed by atoms with van der Waals surface area (Å²) >= 11 is 1.96. The van der Waals surface area contributed by atoms with Gasteiger partial charge in [-0.1, -0.05) is 66.7 Å². The number of allylic oxidation sites excluding steroid dienone is 1. The zero-order valence-corrected chi connectivity index (χ0v) is 15.5. The number of aryl methyl sites for hydroxylation is 1. The minimum absolute atomic E-state index is 1.17. The second-order valence-corrected chi connectivity index (χ2v) is 8.51. The van der Waals surface area contributed by atoms with E-state index in [2.05, 4.69) is 73.7 Å². The van der Waals surface area contributed by atoms with Crippen molar-refractivity contribution in [1.29, 1.82) is 0 Å². The molecule has 0 radical (unpaired) electrons. The molecule has 5 aromatic rings. The average molecular weight is 350 g/mol. The van der Waals surface area contributed by atoms with Gasteiger partial charge in [-0.2, -0.15) is 0 Å². The van der Waals surface area contributed by atoms with Gasteiger partial charge in [-0.3, -0.25) is 0 Å². The van der Waals surface area contributed by atoms with E-state index < -0.39 is 0 Å². The number of hydrogen-bond donors (Lipinski definition) is 0. The Bertz CT molecular complexity index is 1320. The first-order valence-corrected chi connectivity index (χ1v) is 10.1. The van der Waals surface area contributed by atoms with Crippen molar-refractivity contribution >= 4 is 49.7 Å². The van der Waals surface area contributed by atoms with Gasteiger partial charge in [-0.15, -0.1) is 11.3 Å². The van der Waals surface area contributed by atoms with E-state index in [1.54, 1.807) is 5.56 Å². The molecule has 0 unspecified atom stereocenters. The van der Waals surface area contributed by atoms with Crippen LogP contribution in [0.4, 0.5) is 0 Å². The van der Waals surface area contributed by atoms with E-state index in [4.69, 9.17) is 0 Å². The maximum atomic E-state index is 2.34. The second kappa shape index (κ2) is 5.18. The van der Waals surface area contributed by atoms with Crippen molar-refractivity contribution in [2.24, 2.45) is 0 Å². The lowest BCUT2D eigenvalue weighted by Gasteiger charge is -2.14. The zero-order valence-electron chi connectivity index (χ0n) is 14.7. The van der Waals surface area contributed by atoms with Crippen LogP contribution >= 0.6 is 11.3 Å². The minimum Gasteiger partial charge on any atom is -0.140 e. The summed E-state index contributed by atoms with van der Waals surface area (Å²) < 4.78 is 0. The molecule has 0 saturated heterocycles. The van der Waals surface area contributed by atoms with Gasteiger partial charge in [-0.25, -0.2) is 0 Å². The lowest BCUT2D eigenvalue weighted by molar-refractivity contribution is 0.984. The first-order chi connectivity index (χ1) is 12.8. The van der Waals surface area contributed by atoms with Gasteiger partial charge in [0, 0.05) is 15.3 Å². The van der Waals surface area contributed by atoms with Crippen molar-refractivity contribution < 1.29 is 0 Å². The van der Waals surface area contributed by atoms with Crippen LogP contribution in [-0.2, 0) is 6.42 Å². The molecule has 0 amide bonds. The van der Waals surface area contributed by atoms with E-state index in [1.807, 2.05) is 11.3 Å². The van der Waals surface area contributed by atoms with Gasteiger partial charge in [0.05, 0.1) is 0 Å². The van der Waals surface area contributed by atoms with Gasteiger partial charge in [0.15, 0.2) is 0 Å². The van der Waals surface area contributed by atoms with Crippen molar-refractivity contribution in [3.05, 3.63) is 76.7 Å². The molecule has 0 aliphatic heterocycles. The normalized spacial score (nSPS) is 13.9. The van der Waals surface area contributed by atoms with E-state index in [0.29, 0.717) is 0 Å². The molecular weight excluding hydrogens is 332 g/mol. The molecule has 6 rings (SSSR count). The predicted octanol–water partition coefficient (Wildman–Crippen LogP) is 7.58. The fraction of sp³-hybridized carbons (Fsp3) is 0.120. The van der Waals surface area contributed by atoms with E-state index in [9.17, 15) is 0 Å². The maximum absolute atomic E-state index is 2.34. The Morgan fingerprint density at radius 1 is 0.808 bits per heavy atom. The molecular formula is C25H18S. The van der Waals surface area contributed by atoms with Crippen molar-refractivity contribution in [1.82, 2.24) is 0 Å². The van der Waals surface area contributed by atoms with E-state index in [-0.39, 0.29) is 0 Å². The lowest BCUT2D eigenvalue weighted by Crippen LogP contribution is -1.93. The summed E-state index contributed by atoms with van der Waals surface area (Å²) in [5.41, 5.74) is 4.39. The Hall–Kier alpha value is -2.64. The van der Waals surface area contributed by atoms with Crippen molar-refractivity contribution in [2.75, 3.05) is 0 Å². The van der Waals surface area contributed by atoms with E-state index in [0.717, 1.165) is 0 Å². The van der Waals surface area contributed by atoms with Gasteiger partial charge < -0.3 is 0 Å².